The van der Waals surface area contributed by atoms with Crippen molar-refractivity contribution in [1.29, 1.82) is 0 Å². The van der Waals surface area contributed by atoms with Crippen molar-refractivity contribution in [3.63, 3.8) is 0 Å². The molecule has 11 heteroatoms. The monoisotopic (exact) mass is 610 g/mol. The highest BCUT2D eigenvalue weighted by Crippen LogP contribution is 2.43. The van der Waals surface area contributed by atoms with Gasteiger partial charge in [0.15, 0.2) is 5.78 Å². The molecule has 0 atom stereocenters. The summed E-state index contributed by atoms with van der Waals surface area (Å²) >= 11 is 0. The van der Waals surface area contributed by atoms with Gasteiger partial charge in [-0.05, 0) is 49.7 Å². The number of amides is 1. The number of fused-ring (bicyclic) bond motifs is 1. The third kappa shape index (κ3) is 5.85. The number of carbonyl (C=O) groups excluding carboxylic acids is 2. The molecule has 0 unspecified atom stereocenters. The molecule has 0 radical (unpaired) electrons. The first-order valence-electron chi connectivity index (χ1n) is 15.0. The van der Waals surface area contributed by atoms with Crippen LogP contribution in [0.25, 0.3) is 22.3 Å². The van der Waals surface area contributed by atoms with E-state index in [-0.39, 0.29) is 23.7 Å². The van der Waals surface area contributed by atoms with Crippen molar-refractivity contribution < 1.29 is 33.7 Å². The Morgan fingerprint density at radius 2 is 1.64 bits per heavy atom. The summed E-state index contributed by atoms with van der Waals surface area (Å²) in [4.78, 5) is 44.6. The van der Waals surface area contributed by atoms with Crippen LogP contribution >= 0.6 is 0 Å². The summed E-state index contributed by atoms with van der Waals surface area (Å²) in [6, 6.07) is 10.5. The Morgan fingerprint density at radius 1 is 0.933 bits per heavy atom. The lowest BCUT2D eigenvalue weighted by molar-refractivity contribution is -0.00573. The number of aromatic carboxylic acids is 1. The normalized spacial score (nSPS) is 15.4. The van der Waals surface area contributed by atoms with Gasteiger partial charge in [0.05, 0.1) is 42.5 Å². The predicted octanol–water partition coefficient (Wildman–Crippen LogP) is 5.28. The third-order valence-corrected chi connectivity index (χ3v) is 8.28. The van der Waals surface area contributed by atoms with E-state index < -0.39 is 11.6 Å². The number of likely N-dealkylation sites (tertiary alicyclic amines) is 1. The van der Waals surface area contributed by atoms with Gasteiger partial charge in [0, 0.05) is 68.3 Å². The minimum Gasteiger partial charge on any atom is -0.493 e. The maximum Gasteiger partial charge on any atom is 0.337 e. The van der Waals surface area contributed by atoms with E-state index >= 15 is 0 Å². The van der Waals surface area contributed by atoms with E-state index in [0.29, 0.717) is 78.6 Å². The standard InChI is InChI=1S/C34H34N4O7/c1-4-43-29-14-22(15-30(44-5-2)31(29)23-12-24(33(41)42)18-35-17-23)32(40)38-10-8-34(9-11-38)16-27(39)26-13-21(6-7-28(26)45-34)25-19-36-37(3)20-25/h6-7,12-15,17-20H,4-5,8-11,16H2,1-3H3,(H,41,42). The van der Waals surface area contributed by atoms with Gasteiger partial charge in [-0.15, -0.1) is 0 Å². The number of carboxylic acids is 1. The number of Topliss-reactive ketones (excluding diaryl/α,β-unsaturated/α-hetero) is 1. The van der Waals surface area contributed by atoms with E-state index in [1.807, 2.05) is 45.3 Å². The van der Waals surface area contributed by atoms with E-state index in [2.05, 4.69) is 10.1 Å². The van der Waals surface area contributed by atoms with Gasteiger partial charge in [0.1, 0.15) is 22.8 Å². The molecule has 1 N–H and O–H groups in total. The molecule has 45 heavy (non-hydrogen) atoms. The van der Waals surface area contributed by atoms with E-state index in [4.69, 9.17) is 14.2 Å². The Balaban J connectivity index is 1.22. The Kier molecular flexibility index (Phi) is 8.01. The molecule has 0 aliphatic carbocycles. The number of aromatic nitrogens is 3. The number of ether oxygens (including phenoxy) is 3. The number of hydrogen-bond donors (Lipinski definition) is 1. The zero-order chi connectivity index (χ0) is 31.7. The zero-order valence-corrected chi connectivity index (χ0v) is 25.4. The van der Waals surface area contributed by atoms with Gasteiger partial charge in [-0.25, -0.2) is 4.79 Å². The average Bonchev–Trinajstić information content (AvgIpc) is 3.47. The second-order valence-corrected chi connectivity index (χ2v) is 11.3. The number of rotatable bonds is 8. The van der Waals surface area contributed by atoms with Gasteiger partial charge in [0.25, 0.3) is 5.91 Å². The smallest absolute Gasteiger partial charge is 0.337 e. The molecule has 0 bridgehead atoms. The van der Waals surface area contributed by atoms with Crippen LogP contribution in [0.4, 0.5) is 0 Å². The average molecular weight is 611 g/mol. The van der Waals surface area contributed by atoms with Crippen LogP contribution in [-0.4, -0.2) is 74.3 Å². The summed E-state index contributed by atoms with van der Waals surface area (Å²) in [5.74, 6) is 0.0945. The molecule has 6 rings (SSSR count). The van der Waals surface area contributed by atoms with Crippen LogP contribution in [0.1, 0.15) is 64.2 Å². The number of carbonyl (C=O) groups is 3. The molecule has 11 nitrogen and oxygen atoms in total. The summed E-state index contributed by atoms with van der Waals surface area (Å²) in [5.41, 5.74) is 3.18. The van der Waals surface area contributed by atoms with Gasteiger partial charge in [-0.2, -0.15) is 5.10 Å². The molecule has 1 fully saturated rings. The van der Waals surface area contributed by atoms with Gasteiger partial charge in [-0.3, -0.25) is 19.3 Å². The van der Waals surface area contributed by atoms with Crippen molar-refractivity contribution in [2.24, 2.45) is 7.05 Å². The first-order valence-corrected chi connectivity index (χ1v) is 15.0. The number of carboxylic acid groups (broad SMARTS) is 1. The third-order valence-electron chi connectivity index (χ3n) is 8.28. The summed E-state index contributed by atoms with van der Waals surface area (Å²) < 4.78 is 20.1. The van der Waals surface area contributed by atoms with E-state index in [1.165, 1.54) is 12.3 Å². The van der Waals surface area contributed by atoms with Crippen molar-refractivity contribution in [3.05, 3.63) is 77.9 Å². The van der Waals surface area contributed by atoms with Crippen LogP contribution < -0.4 is 14.2 Å². The van der Waals surface area contributed by atoms with Crippen LogP contribution in [0.5, 0.6) is 17.2 Å². The van der Waals surface area contributed by atoms with Crippen molar-refractivity contribution >= 4 is 17.7 Å². The number of piperidine rings is 1. The van der Waals surface area contributed by atoms with Gasteiger partial charge < -0.3 is 24.2 Å². The number of hydrogen-bond acceptors (Lipinski definition) is 8. The van der Waals surface area contributed by atoms with Crippen LogP contribution in [0.3, 0.4) is 0 Å². The second-order valence-electron chi connectivity index (χ2n) is 11.3. The molecular formula is C34H34N4O7. The molecule has 4 heterocycles. The molecule has 2 aliphatic heterocycles. The van der Waals surface area contributed by atoms with Crippen LogP contribution in [0.2, 0.25) is 0 Å². The fourth-order valence-electron chi connectivity index (χ4n) is 6.05. The number of benzene rings is 2. The zero-order valence-electron chi connectivity index (χ0n) is 25.4. The molecule has 2 aromatic heterocycles. The van der Waals surface area contributed by atoms with E-state index in [1.54, 1.807) is 34.1 Å². The highest BCUT2D eigenvalue weighted by molar-refractivity contribution is 6.02. The van der Waals surface area contributed by atoms with Crippen LogP contribution in [-0.2, 0) is 7.05 Å². The first-order chi connectivity index (χ1) is 21.7. The first kappa shape index (κ1) is 29.9. The minimum atomic E-state index is -1.10. The summed E-state index contributed by atoms with van der Waals surface area (Å²) in [7, 11) is 1.85. The lowest BCUT2D eigenvalue weighted by atomic mass is 9.82. The van der Waals surface area contributed by atoms with E-state index in [9.17, 15) is 19.5 Å². The van der Waals surface area contributed by atoms with Gasteiger partial charge >= 0.3 is 5.97 Å². The lowest BCUT2D eigenvalue weighted by Gasteiger charge is -2.44. The van der Waals surface area contributed by atoms with Crippen molar-refractivity contribution in [2.45, 2.75) is 38.7 Å². The molecule has 0 saturated carbocycles. The number of nitrogens with zero attached hydrogens (tertiary/aromatic N) is 4. The fourth-order valence-corrected chi connectivity index (χ4v) is 6.05. The minimum absolute atomic E-state index is 0.0276. The molecule has 2 aliphatic rings. The largest absolute Gasteiger partial charge is 0.493 e. The topological polar surface area (TPSA) is 133 Å². The number of ketones is 1. The number of pyridine rings is 1. The maximum atomic E-state index is 13.8. The van der Waals surface area contributed by atoms with Crippen LogP contribution in [0, 0.1) is 0 Å². The highest BCUT2D eigenvalue weighted by atomic mass is 16.5. The second kappa shape index (κ2) is 12.1. The quantitative estimate of drug-likeness (QED) is 0.283. The van der Waals surface area contributed by atoms with Crippen LogP contribution in [0.15, 0.2) is 61.2 Å². The molecule has 4 aromatic rings. The Hall–Kier alpha value is -5.19. The lowest BCUT2D eigenvalue weighted by Crippen LogP contribution is -2.52. The Morgan fingerprint density at radius 3 is 2.27 bits per heavy atom. The Bertz CT molecular complexity index is 1760. The van der Waals surface area contributed by atoms with Gasteiger partial charge in [-0.1, -0.05) is 6.07 Å². The number of aryl methyl sites for hydroxylation is 1. The molecular weight excluding hydrogens is 576 g/mol. The Labute approximate surface area is 260 Å². The fraction of sp³-hybridized carbons (Fsp3) is 0.324. The molecule has 1 spiro atoms. The molecule has 232 valence electrons. The summed E-state index contributed by atoms with van der Waals surface area (Å²) in [5, 5.41) is 13.7. The van der Waals surface area contributed by atoms with Crippen molar-refractivity contribution in [2.75, 3.05) is 26.3 Å². The van der Waals surface area contributed by atoms with Gasteiger partial charge in [0.2, 0.25) is 0 Å². The summed E-state index contributed by atoms with van der Waals surface area (Å²) in [6.07, 6.45) is 7.75. The van der Waals surface area contributed by atoms with Crippen molar-refractivity contribution in [1.82, 2.24) is 19.7 Å². The maximum absolute atomic E-state index is 13.8. The SMILES string of the molecule is CCOc1cc(C(=O)N2CCC3(CC2)CC(=O)c2cc(-c4cnn(C)c4)ccc2O3)cc(OCC)c1-c1cncc(C(=O)O)c1. The molecule has 1 amide bonds. The molecule has 2 aromatic carbocycles. The highest BCUT2D eigenvalue weighted by Gasteiger charge is 2.44. The van der Waals surface area contributed by atoms with Crippen molar-refractivity contribution in [3.8, 4) is 39.5 Å². The summed E-state index contributed by atoms with van der Waals surface area (Å²) in [6.45, 7) is 5.14. The molecule has 1 saturated heterocycles. The van der Waals surface area contributed by atoms with E-state index in [0.717, 1.165) is 11.1 Å². The predicted molar refractivity (Wildman–Crippen MR) is 165 cm³/mol.